The van der Waals surface area contributed by atoms with Crippen molar-refractivity contribution in [2.45, 2.75) is 12.5 Å². The SMILES string of the molecule is O=C(NC1=C(N[C@H]2CCS(=O)(=O)C2)C(=O)c2ccccc2C1=O)c1ccccc1. The molecule has 0 bridgehead atoms. The summed E-state index contributed by atoms with van der Waals surface area (Å²) in [5.74, 6) is -1.58. The van der Waals surface area contributed by atoms with Crippen LogP contribution in [0.2, 0.25) is 0 Å². The van der Waals surface area contributed by atoms with Gasteiger partial charge in [-0.1, -0.05) is 42.5 Å². The van der Waals surface area contributed by atoms with Crippen LogP contribution in [0.15, 0.2) is 66.0 Å². The average Bonchev–Trinajstić information content (AvgIpc) is 3.07. The zero-order valence-electron chi connectivity index (χ0n) is 15.3. The van der Waals surface area contributed by atoms with Crippen LogP contribution in [0.1, 0.15) is 37.5 Å². The highest BCUT2D eigenvalue weighted by molar-refractivity contribution is 7.91. The van der Waals surface area contributed by atoms with Gasteiger partial charge in [0.1, 0.15) is 11.4 Å². The Labute approximate surface area is 167 Å². The second-order valence-electron chi connectivity index (χ2n) is 7.02. The molecule has 0 saturated carbocycles. The zero-order valence-corrected chi connectivity index (χ0v) is 16.2. The van der Waals surface area contributed by atoms with E-state index in [-0.39, 0.29) is 34.0 Å². The Kier molecular flexibility index (Phi) is 4.79. The van der Waals surface area contributed by atoms with E-state index >= 15 is 0 Å². The van der Waals surface area contributed by atoms with Gasteiger partial charge in [0.05, 0.1) is 11.5 Å². The lowest BCUT2D eigenvalue weighted by molar-refractivity contribution is 0.0916. The molecule has 1 saturated heterocycles. The summed E-state index contributed by atoms with van der Waals surface area (Å²) in [4.78, 5) is 38.8. The summed E-state index contributed by atoms with van der Waals surface area (Å²) in [6, 6.07) is 14.2. The first kappa shape index (κ1) is 19.1. The van der Waals surface area contributed by atoms with Crippen molar-refractivity contribution in [1.82, 2.24) is 10.6 Å². The molecule has 1 aliphatic heterocycles. The second-order valence-corrected chi connectivity index (χ2v) is 9.25. The molecule has 2 aromatic carbocycles. The quantitative estimate of drug-likeness (QED) is 0.790. The first-order valence-corrected chi connectivity index (χ1v) is 10.9. The number of allylic oxidation sites excluding steroid dienone is 2. The van der Waals surface area contributed by atoms with Gasteiger partial charge in [0.15, 0.2) is 9.84 Å². The third kappa shape index (κ3) is 3.71. The van der Waals surface area contributed by atoms with Crippen LogP contribution in [0, 0.1) is 0 Å². The van der Waals surface area contributed by atoms with E-state index in [9.17, 15) is 22.8 Å². The van der Waals surface area contributed by atoms with Gasteiger partial charge in [-0.15, -0.1) is 0 Å². The molecule has 1 aliphatic carbocycles. The van der Waals surface area contributed by atoms with E-state index in [0.717, 1.165) is 0 Å². The second kappa shape index (κ2) is 7.29. The molecule has 1 amide bonds. The molecule has 0 unspecified atom stereocenters. The van der Waals surface area contributed by atoms with Crippen molar-refractivity contribution in [3.63, 3.8) is 0 Å². The number of rotatable bonds is 4. The monoisotopic (exact) mass is 410 g/mol. The first-order valence-electron chi connectivity index (χ1n) is 9.12. The van der Waals surface area contributed by atoms with Crippen LogP contribution in [0.3, 0.4) is 0 Å². The van der Waals surface area contributed by atoms with E-state index < -0.39 is 33.4 Å². The summed E-state index contributed by atoms with van der Waals surface area (Å²) in [6.45, 7) is 0. The standard InChI is InChI=1S/C21H18N2O5S/c24-19-15-8-4-5-9-16(15)20(25)18(23-21(26)13-6-2-1-3-7-13)17(19)22-14-10-11-29(27,28)12-14/h1-9,14,22H,10-12H2,(H,23,26)/t14-/m0/s1. The molecule has 29 heavy (non-hydrogen) atoms. The van der Waals surface area contributed by atoms with Gasteiger partial charge in [0.2, 0.25) is 11.6 Å². The number of ketones is 2. The van der Waals surface area contributed by atoms with Crippen LogP contribution in [0.5, 0.6) is 0 Å². The number of nitrogens with one attached hydrogen (secondary N) is 2. The third-order valence-corrected chi connectivity index (χ3v) is 6.74. The van der Waals surface area contributed by atoms with Crippen molar-refractivity contribution in [1.29, 1.82) is 0 Å². The fourth-order valence-electron chi connectivity index (χ4n) is 3.52. The Balaban J connectivity index is 1.73. The molecule has 2 aliphatic rings. The topological polar surface area (TPSA) is 109 Å². The van der Waals surface area contributed by atoms with E-state index in [1.54, 1.807) is 48.5 Å². The lowest BCUT2D eigenvalue weighted by Crippen LogP contribution is -2.42. The number of benzene rings is 2. The number of hydrogen-bond acceptors (Lipinski definition) is 6. The van der Waals surface area contributed by atoms with Crippen LogP contribution >= 0.6 is 0 Å². The lowest BCUT2D eigenvalue weighted by atomic mass is 9.89. The molecule has 0 radical (unpaired) electrons. The van der Waals surface area contributed by atoms with Gasteiger partial charge in [-0.3, -0.25) is 14.4 Å². The number of fused-ring (bicyclic) bond motifs is 1. The van der Waals surface area contributed by atoms with Gasteiger partial charge >= 0.3 is 0 Å². The molecule has 1 atom stereocenters. The first-order chi connectivity index (χ1) is 13.9. The highest BCUT2D eigenvalue weighted by atomic mass is 32.2. The molecular weight excluding hydrogens is 392 g/mol. The number of carbonyl (C=O) groups is 3. The fourth-order valence-corrected chi connectivity index (χ4v) is 5.19. The Morgan fingerprint density at radius 2 is 1.45 bits per heavy atom. The number of sulfone groups is 1. The van der Waals surface area contributed by atoms with Crippen molar-refractivity contribution >= 4 is 27.3 Å². The van der Waals surface area contributed by atoms with Crippen molar-refractivity contribution in [3.8, 4) is 0 Å². The van der Waals surface area contributed by atoms with E-state index in [2.05, 4.69) is 10.6 Å². The predicted molar refractivity (Wildman–Crippen MR) is 106 cm³/mol. The molecule has 7 nitrogen and oxygen atoms in total. The number of Topliss-reactive ketones (excluding diaryl/α,β-unsaturated/α-hetero) is 2. The maximum Gasteiger partial charge on any atom is 0.255 e. The number of amides is 1. The van der Waals surface area contributed by atoms with Crippen LogP contribution in [-0.4, -0.2) is 43.4 Å². The minimum absolute atomic E-state index is 0.0162. The highest BCUT2D eigenvalue weighted by Crippen LogP contribution is 2.25. The Bertz CT molecular complexity index is 1150. The minimum Gasteiger partial charge on any atom is -0.376 e. The van der Waals surface area contributed by atoms with Crippen molar-refractivity contribution in [2.75, 3.05) is 11.5 Å². The van der Waals surface area contributed by atoms with Gasteiger partial charge in [-0.05, 0) is 18.6 Å². The largest absolute Gasteiger partial charge is 0.376 e. The molecule has 1 fully saturated rings. The van der Waals surface area contributed by atoms with Gasteiger partial charge in [-0.25, -0.2) is 8.42 Å². The third-order valence-electron chi connectivity index (χ3n) is 4.98. The molecule has 0 aromatic heterocycles. The van der Waals surface area contributed by atoms with Crippen LogP contribution in [0.4, 0.5) is 0 Å². The normalized spacial score (nSPS) is 20.3. The van der Waals surface area contributed by atoms with Crippen molar-refractivity contribution < 1.29 is 22.8 Å². The molecule has 148 valence electrons. The summed E-state index contributed by atoms with van der Waals surface area (Å²) in [5.41, 5.74) is 0.526. The van der Waals surface area contributed by atoms with Crippen LogP contribution < -0.4 is 10.6 Å². The number of hydrogen-bond donors (Lipinski definition) is 2. The summed E-state index contributed by atoms with van der Waals surface area (Å²) in [6.07, 6.45) is 0.328. The van der Waals surface area contributed by atoms with Gasteiger partial charge in [0, 0.05) is 22.7 Å². The minimum atomic E-state index is -3.19. The Morgan fingerprint density at radius 3 is 2.03 bits per heavy atom. The molecule has 1 heterocycles. The summed E-state index contributed by atoms with van der Waals surface area (Å²) < 4.78 is 23.6. The molecule has 0 spiro atoms. The van der Waals surface area contributed by atoms with Crippen molar-refractivity contribution in [2.24, 2.45) is 0 Å². The maximum atomic E-state index is 13.1. The van der Waals surface area contributed by atoms with Gasteiger partial charge < -0.3 is 10.6 Å². The van der Waals surface area contributed by atoms with Crippen molar-refractivity contribution in [3.05, 3.63) is 82.7 Å². The fraction of sp³-hybridized carbons (Fsp3) is 0.190. The lowest BCUT2D eigenvalue weighted by Gasteiger charge is -2.24. The molecule has 4 rings (SSSR count). The summed E-state index contributed by atoms with van der Waals surface area (Å²) in [7, 11) is -3.19. The molecule has 2 N–H and O–H groups in total. The van der Waals surface area contributed by atoms with E-state index in [0.29, 0.717) is 12.0 Å². The molecule has 2 aromatic rings. The highest BCUT2D eigenvalue weighted by Gasteiger charge is 2.36. The maximum absolute atomic E-state index is 13.1. The predicted octanol–water partition coefficient (Wildman–Crippen LogP) is 1.48. The molecule has 8 heteroatoms. The average molecular weight is 410 g/mol. The van der Waals surface area contributed by atoms with E-state index in [4.69, 9.17) is 0 Å². The van der Waals surface area contributed by atoms with E-state index in [1.165, 1.54) is 6.07 Å². The Hall–Kier alpha value is -3.26. The zero-order chi connectivity index (χ0) is 20.6. The Morgan fingerprint density at radius 1 is 0.862 bits per heavy atom. The molecular formula is C21H18N2O5S. The van der Waals surface area contributed by atoms with Gasteiger partial charge in [0.25, 0.3) is 5.91 Å². The smallest absolute Gasteiger partial charge is 0.255 e. The van der Waals surface area contributed by atoms with Crippen LogP contribution in [-0.2, 0) is 9.84 Å². The van der Waals surface area contributed by atoms with E-state index in [1.807, 2.05) is 0 Å². The van der Waals surface area contributed by atoms with Gasteiger partial charge in [-0.2, -0.15) is 0 Å². The van der Waals surface area contributed by atoms with Crippen LogP contribution in [0.25, 0.3) is 0 Å². The summed E-state index contributed by atoms with van der Waals surface area (Å²) >= 11 is 0. The summed E-state index contributed by atoms with van der Waals surface area (Å²) in [5, 5.41) is 5.48. The number of carbonyl (C=O) groups excluding carboxylic acids is 3.